The van der Waals surface area contributed by atoms with E-state index in [0.29, 0.717) is 6.61 Å². The normalized spacial score (nSPS) is 18.8. The Morgan fingerprint density at radius 1 is 1.48 bits per heavy atom. The third-order valence-electron chi connectivity index (χ3n) is 4.07. The van der Waals surface area contributed by atoms with Gasteiger partial charge in [0, 0.05) is 31.4 Å². The summed E-state index contributed by atoms with van der Waals surface area (Å²) in [4.78, 5) is 0.0540. The first kappa shape index (κ1) is 17.9. The molecule has 1 atom stereocenters. The van der Waals surface area contributed by atoms with Crippen molar-refractivity contribution in [2.45, 2.75) is 24.5 Å². The van der Waals surface area contributed by atoms with Crippen LogP contribution in [0, 0.1) is 11.3 Å². The zero-order valence-corrected chi connectivity index (χ0v) is 15.2. The third-order valence-corrected chi connectivity index (χ3v) is 6.26. The third kappa shape index (κ3) is 3.55. The lowest BCUT2D eigenvalue weighted by atomic mass is 10.2. The zero-order valence-electron chi connectivity index (χ0n) is 13.6. The SMILES string of the molecule is CCn1cc(C2CN(S(=O)(=O)c3ccc(Cl)c(C#N)c3)CCO2)cn1. The van der Waals surface area contributed by atoms with Gasteiger partial charge in [-0.1, -0.05) is 11.6 Å². The number of nitriles is 1. The topological polar surface area (TPSA) is 88.2 Å². The molecule has 2 heterocycles. The van der Waals surface area contributed by atoms with Crippen molar-refractivity contribution in [3.63, 3.8) is 0 Å². The Balaban J connectivity index is 1.86. The predicted octanol–water partition coefficient (Wildman–Crippen LogP) is 2.19. The molecule has 0 N–H and O–H groups in total. The van der Waals surface area contributed by atoms with Crippen LogP contribution in [0.5, 0.6) is 0 Å². The fraction of sp³-hybridized carbons (Fsp3) is 0.375. The van der Waals surface area contributed by atoms with Gasteiger partial charge in [0.25, 0.3) is 0 Å². The number of halogens is 1. The number of rotatable bonds is 4. The van der Waals surface area contributed by atoms with Gasteiger partial charge in [0.2, 0.25) is 10.0 Å². The molecule has 1 aromatic carbocycles. The summed E-state index contributed by atoms with van der Waals surface area (Å²) in [7, 11) is -3.73. The van der Waals surface area contributed by atoms with Crippen molar-refractivity contribution in [2.75, 3.05) is 19.7 Å². The second-order valence-corrected chi connectivity index (χ2v) is 7.95. The first-order chi connectivity index (χ1) is 12.0. The van der Waals surface area contributed by atoms with Gasteiger partial charge in [-0.15, -0.1) is 0 Å². The van der Waals surface area contributed by atoms with Crippen LogP contribution in [0.3, 0.4) is 0 Å². The van der Waals surface area contributed by atoms with Crippen LogP contribution in [-0.4, -0.2) is 42.2 Å². The summed E-state index contributed by atoms with van der Waals surface area (Å²) in [6.45, 7) is 3.45. The molecule has 0 aliphatic carbocycles. The molecule has 0 amide bonds. The van der Waals surface area contributed by atoms with Crippen molar-refractivity contribution in [3.8, 4) is 6.07 Å². The molecule has 0 spiro atoms. The molecule has 0 bridgehead atoms. The molecule has 1 aliphatic heterocycles. The van der Waals surface area contributed by atoms with E-state index in [2.05, 4.69) is 5.10 Å². The van der Waals surface area contributed by atoms with E-state index in [1.54, 1.807) is 10.9 Å². The summed E-state index contributed by atoms with van der Waals surface area (Å²) in [5.41, 5.74) is 0.979. The second kappa shape index (κ2) is 7.14. The van der Waals surface area contributed by atoms with Crippen LogP contribution < -0.4 is 0 Å². The molecule has 1 unspecified atom stereocenters. The molecule has 3 rings (SSSR count). The molecule has 25 heavy (non-hydrogen) atoms. The van der Waals surface area contributed by atoms with Crippen molar-refractivity contribution in [2.24, 2.45) is 0 Å². The number of nitrogens with zero attached hydrogens (tertiary/aromatic N) is 4. The van der Waals surface area contributed by atoms with Gasteiger partial charge in [-0.2, -0.15) is 14.7 Å². The predicted molar refractivity (Wildman–Crippen MR) is 91.5 cm³/mol. The van der Waals surface area contributed by atoms with E-state index < -0.39 is 10.0 Å². The number of hydrogen-bond acceptors (Lipinski definition) is 5. The van der Waals surface area contributed by atoms with Crippen LogP contribution in [0.15, 0.2) is 35.5 Å². The zero-order chi connectivity index (χ0) is 18.0. The summed E-state index contributed by atoms with van der Waals surface area (Å²) in [6, 6.07) is 6.05. The van der Waals surface area contributed by atoms with Gasteiger partial charge in [-0.3, -0.25) is 4.68 Å². The smallest absolute Gasteiger partial charge is 0.243 e. The van der Waals surface area contributed by atoms with Crippen molar-refractivity contribution in [1.82, 2.24) is 14.1 Å². The first-order valence-electron chi connectivity index (χ1n) is 7.79. The molecule has 1 saturated heterocycles. The van der Waals surface area contributed by atoms with E-state index in [1.165, 1.54) is 22.5 Å². The highest BCUT2D eigenvalue weighted by molar-refractivity contribution is 7.89. The Morgan fingerprint density at radius 2 is 2.28 bits per heavy atom. The minimum atomic E-state index is -3.73. The minimum absolute atomic E-state index is 0.0540. The maximum Gasteiger partial charge on any atom is 0.243 e. The molecular formula is C16H17ClN4O3S. The van der Waals surface area contributed by atoms with E-state index in [9.17, 15) is 8.42 Å². The maximum absolute atomic E-state index is 12.9. The van der Waals surface area contributed by atoms with Crippen molar-refractivity contribution < 1.29 is 13.2 Å². The average Bonchev–Trinajstić information content (AvgIpc) is 3.11. The van der Waals surface area contributed by atoms with Gasteiger partial charge in [0.15, 0.2) is 0 Å². The van der Waals surface area contributed by atoms with Gasteiger partial charge in [0.1, 0.15) is 6.07 Å². The van der Waals surface area contributed by atoms with E-state index >= 15 is 0 Å². The molecule has 1 aliphatic rings. The van der Waals surface area contributed by atoms with Gasteiger partial charge >= 0.3 is 0 Å². The standard InChI is InChI=1S/C16H17ClN4O3S/c1-2-20-10-13(9-19-20)16-11-21(5-6-24-16)25(22,23)14-3-4-15(17)12(7-14)8-18/h3-4,7,9-10,16H,2,5-6,11H2,1H3. The van der Waals surface area contributed by atoms with Gasteiger partial charge in [-0.05, 0) is 25.1 Å². The highest BCUT2D eigenvalue weighted by Crippen LogP contribution is 2.28. The Bertz CT molecular complexity index is 920. The van der Waals surface area contributed by atoms with Crippen molar-refractivity contribution >= 4 is 21.6 Å². The lowest BCUT2D eigenvalue weighted by Gasteiger charge is -2.31. The Labute approximate surface area is 151 Å². The fourth-order valence-electron chi connectivity index (χ4n) is 2.66. The van der Waals surface area contributed by atoms with Crippen molar-refractivity contribution in [3.05, 3.63) is 46.7 Å². The van der Waals surface area contributed by atoms with Crippen LogP contribution in [0.2, 0.25) is 5.02 Å². The summed E-state index contributed by atoms with van der Waals surface area (Å²) in [5, 5.41) is 13.5. The van der Waals surface area contributed by atoms with Crippen LogP contribution in [0.25, 0.3) is 0 Å². The lowest BCUT2D eigenvalue weighted by molar-refractivity contribution is -0.00260. The van der Waals surface area contributed by atoms with Crippen LogP contribution in [0.4, 0.5) is 0 Å². The average molecular weight is 381 g/mol. The summed E-state index contributed by atoms with van der Waals surface area (Å²) in [6.07, 6.45) is 3.18. The summed E-state index contributed by atoms with van der Waals surface area (Å²) in [5.74, 6) is 0. The Kier molecular flexibility index (Phi) is 5.11. The number of sulfonamides is 1. The number of aromatic nitrogens is 2. The van der Waals surface area contributed by atoms with E-state index in [4.69, 9.17) is 21.6 Å². The van der Waals surface area contributed by atoms with E-state index in [-0.39, 0.29) is 34.7 Å². The number of ether oxygens (including phenoxy) is 1. The minimum Gasteiger partial charge on any atom is -0.371 e. The molecule has 0 radical (unpaired) electrons. The monoisotopic (exact) mass is 380 g/mol. The molecule has 0 saturated carbocycles. The lowest BCUT2D eigenvalue weighted by Crippen LogP contribution is -2.42. The summed E-state index contributed by atoms with van der Waals surface area (Å²) < 4.78 is 34.7. The molecule has 132 valence electrons. The second-order valence-electron chi connectivity index (χ2n) is 5.61. The molecule has 2 aromatic rings. The van der Waals surface area contributed by atoms with Crippen LogP contribution >= 0.6 is 11.6 Å². The number of benzene rings is 1. The van der Waals surface area contributed by atoms with Gasteiger partial charge in [-0.25, -0.2) is 8.42 Å². The number of hydrogen-bond donors (Lipinski definition) is 0. The van der Waals surface area contributed by atoms with E-state index in [0.717, 1.165) is 12.1 Å². The van der Waals surface area contributed by atoms with Crippen LogP contribution in [0.1, 0.15) is 24.2 Å². The molecule has 7 nitrogen and oxygen atoms in total. The number of morpholine rings is 1. The van der Waals surface area contributed by atoms with E-state index in [1.807, 2.05) is 19.2 Å². The van der Waals surface area contributed by atoms with Crippen molar-refractivity contribution in [1.29, 1.82) is 5.26 Å². The highest BCUT2D eigenvalue weighted by atomic mass is 35.5. The molecule has 1 fully saturated rings. The molecule has 1 aromatic heterocycles. The van der Waals surface area contributed by atoms with Crippen LogP contribution in [-0.2, 0) is 21.3 Å². The van der Waals surface area contributed by atoms with Gasteiger partial charge in [0.05, 0.1) is 34.4 Å². The first-order valence-corrected chi connectivity index (χ1v) is 9.61. The summed E-state index contributed by atoms with van der Waals surface area (Å²) >= 11 is 5.89. The van der Waals surface area contributed by atoms with Gasteiger partial charge < -0.3 is 4.74 Å². The Morgan fingerprint density at radius 3 is 2.96 bits per heavy atom. The fourth-order valence-corrected chi connectivity index (χ4v) is 4.28. The highest BCUT2D eigenvalue weighted by Gasteiger charge is 2.32. The molecule has 9 heteroatoms. The number of aryl methyl sites for hydroxylation is 1. The quantitative estimate of drug-likeness (QED) is 0.811. The molecular weight excluding hydrogens is 364 g/mol. The largest absolute Gasteiger partial charge is 0.371 e. The Hall–Kier alpha value is -1.92. The maximum atomic E-state index is 12.9.